The molecule has 1 unspecified atom stereocenters. The number of rotatable bonds is 6. The third-order valence-corrected chi connectivity index (χ3v) is 4.71. The van der Waals surface area contributed by atoms with E-state index < -0.39 is 0 Å². The van der Waals surface area contributed by atoms with Crippen molar-refractivity contribution in [2.75, 3.05) is 19.6 Å². The number of carbonyl (C=O) groups excluding carboxylic acids is 2. The number of carbonyl (C=O) groups is 2. The van der Waals surface area contributed by atoms with Crippen molar-refractivity contribution in [2.45, 2.75) is 39.0 Å². The first kappa shape index (κ1) is 17.5. The van der Waals surface area contributed by atoms with E-state index >= 15 is 0 Å². The number of para-hydroxylation sites is 1. The highest BCUT2D eigenvalue weighted by molar-refractivity contribution is 5.86. The fourth-order valence-electron chi connectivity index (χ4n) is 3.35. The molecule has 2 aromatic rings. The predicted octanol–water partition coefficient (Wildman–Crippen LogP) is 2.53. The summed E-state index contributed by atoms with van der Waals surface area (Å²) in [6, 6.07) is 7.59. The second-order valence-electron chi connectivity index (χ2n) is 6.70. The summed E-state index contributed by atoms with van der Waals surface area (Å²) in [7, 11) is 0. The number of aromatic nitrogens is 1. The smallest absolute Gasteiger partial charge is 0.228 e. The zero-order chi connectivity index (χ0) is 17.6. The van der Waals surface area contributed by atoms with Crippen molar-refractivity contribution in [1.29, 1.82) is 0 Å². The summed E-state index contributed by atoms with van der Waals surface area (Å²) in [5.74, 6) is 0.496. The van der Waals surface area contributed by atoms with Gasteiger partial charge in [-0.3, -0.25) is 9.59 Å². The van der Waals surface area contributed by atoms with Crippen LogP contribution in [0.5, 0.6) is 0 Å². The average Bonchev–Trinajstić information content (AvgIpc) is 3.03. The summed E-state index contributed by atoms with van der Waals surface area (Å²) in [6.45, 7) is 4.11. The molecule has 1 saturated heterocycles. The van der Waals surface area contributed by atoms with E-state index in [9.17, 15) is 9.59 Å². The molecule has 1 N–H and O–H groups in total. The van der Waals surface area contributed by atoms with Crippen LogP contribution < -0.4 is 5.32 Å². The van der Waals surface area contributed by atoms with Gasteiger partial charge in [0.2, 0.25) is 11.8 Å². The van der Waals surface area contributed by atoms with Crippen molar-refractivity contribution >= 4 is 22.8 Å². The van der Waals surface area contributed by atoms with Crippen LogP contribution in [-0.4, -0.2) is 41.5 Å². The zero-order valence-electron chi connectivity index (χ0n) is 14.7. The summed E-state index contributed by atoms with van der Waals surface area (Å²) in [5, 5.41) is 7.93. The lowest BCUT2D eigenvalue weighted by molar-refractivity contribution is -0.132. The molecule has 1 fully saturated rings. The minimum Gasteiger partial charge on any atom is -0.356 e. The van der Waals surface area contributed by atoms with Crippen molar-refractivity contribution in [3.05, 3.63) is 30.0 Å². The number of fused-ring (bicyclic) bond motifs is 1. The van der Waals surface area contributed by atoms with Crippen molar-refractivity contribution in [3.63, 3.8) is 0 Å². The number of piperidine rings is 1. The Morgan fingerprint density at radius 2 is 2.20 bits per heavy atom. The van der Waals surface area contributed by atoms with E-state index in [0.717, 1.165) is 31.2 Å². The van der Waals surface area contributed by atoms with Crippen LogP contribution in [-0.2, 0) is 16.0 Å². The first-order valence-electron chi connectivity index (χ1n) is 9.05. The highest BCUT2D eigenvalue weighted by atomic mass is 16.5. The lowest BCUT2D eigenvalue weighted by atomic mass is 9.97. The maximum absolute atomic E-state index is 12.7. The highest BCUT2D eigenvalue weighted by Gasteiger charge is 2.25. The lowest BCUT2D eigenvalue weighted by Crippen LogP contribution is -2.44. The maximum Gasteiger partial charge on any atom is 0.228 e. The van der Waals surface area contributed by atoms with Gasteiger partial charge in [0, 0.05) is 31.4 Å². The molecule has 0 radical (unpaired) electrons. The van der Waals surface area contributed by atoms with E-state index in [1.807, 2.05) is 36.1 Å². The third kappa shape index (κ3) is 4.38. The molecule has 2 heterocycles. The van der Waals surface area contributed by atoms with Crippen LogP contribution in [0.25, 0.3) is 11.0 Å². The summed E-state index contributed by atoms with van der Waals surface area (Å²) in [4.78, 5) is 26.2. The lowest BCUT2D eigenvalue weighted by Gasteiger charge is -2.32. The van der Waals surface area contributed by atoms with Gasteiger partial charge in [0.15, 0.2) is 5.58 Å². The van der Waals surface area contributed by atoms with Crippen LogP contribution >= 0.6 is 0 Å². The summed E-state index contributed by atoms with van der Waals surface area (Å²) in [5.41, 5.74) is 1.40. The first-order chi connectivity index (χ1) is 12.2. The van der Waals surface area contributed by atoms with Gasteiger partial charge in [-0.25, -0.2) is 0 Å². The second kappa shape index (κ2) is 8.14. The Morgan fingerprint density at radius 3 is 3.04 bits per heavy atom. The van der Waals surface area contributed by atoms with Crippen molar-refractivity contribution < 1.29 is 14.1 Å². The maximum atomic E-state index is 12.7. The van der Waals surface area contributed by atoms with E-state index in [2.05, 4.69) is 10.5 Å². The number of nitrogens with zero attached hydrogens (tertiary/aromatic N) is 2. The van der Waals surface area contributed by atoms with Crippen LogP contribution in [0.1, 0.15) is 38.3 Å². The van der Waals surface area contributed by atoms with E-state index in [1.54, 1.807) is 0 Å². The number of nitrogens with one attached hydrogen (secondary N) is 1. The molecule has 3 rings (SSSR count). The minimum atomic E-state index is 0.0728. The number of amides is 2. The second-order valence-corrected chi connectivity index (χ2v) is 6.70. The average molecular weight is 343 g/mol. The molecule has 1 aromatic heterocycles. The van der Waals surface area contributed by atoms with Gasteiger partial charge in [0.05, 0.1) is 6.42 Å². The molecule has 1 atom stereocenters. The Kier molecular flexibility index (Phi) is 5.68. The molecular formula is C19H25N3O3. The Bertz CT molecular complexity index is 740. The van der Waals surface area contributed by atoms with Crippen molar-refractivity contribution in [3.8, 4) is 0 Å². The number of hydrogen-bond donors (Lipinski definition) is 1. The van der Waals surface area contributed by atoms with Gasteiger partial charge in [-0.05, 0) is 37.3 Å². The van der Waals surface area contributed by atoms with E-state index in [0.29, 0.717) is 36.7 Å². The molecular weight excluding hydrogens is 318 g/mol. The fraction of sp³-hybridized carbons (Fsp3) is 0.526. The van der Waals surface area contributed by atoms with Gasteiger partial charge < -0.3 is 14.7 Å². The third-order valence-electron chi connectivity index (χ3n) is 4.71. The van der Waals surface area contributed by atoms with E-state index in [1.165, 1.54) is 0 Å². The quantitative estimate of drug-likeness (QED) is 0.874. The highest BCUT2D eigenvalue weighted by Crippen LogP contribution is 2.21. The number of benzene rings is 1. The van der Waals surface area contributed by atoms with Gasteiger partial charge in [-0.15, -0.1) is 0 Å². The van der Waals surface area contributed by atoms with Crippen LogP contribution in [0, 0.1) is 5.92 Å². The van der Waals surface area contributed by atoms with Crippen molar-refractivity contribution in [2.24, 2.45) is 5.92 Å². The van der Waals surface area contributed by atoms with Crippen LogP contribution in [0.4, 0.5) is 0 Å². The molecule has 1 aliphatic heterocycles. The molecule has 1 aromatic carbocycles. The van der Waals surface area contributed by atoms with Gasteiger partial charge in [0.25, 0.3) is 0 Å². The molecule has 25 heavy (non-hydrogen) atoms. The van der Waals surface area contributed by atoms with Crippen LogP contribution in [0.2, 0.25) is 0 Å². The monoisotopic (exact) mass is 343 g/mol. The van der Waals surface area contributed by atoms with Crippen LogP contribution in [0.15, 0.2) is 28.8 Å². The topological polar surface area (TPSA) is 75.4 Å². The molecule has 1 aliphatic rings. The Hall–Kier alpha value is -2.37. The Morgan fingerprint density at radius 1 is 1.36 bits per heavy atom. The molecule has 6 nitrogen and oxygen atoms in total. The summed E-state index contributed by atoms with van der Waals surface area (Å²) < 4.78 is 5.28. The van der Waals surface area contributed by atoms with Gasteiger partial charge in [-0.2, -0.15) is 0 Å². The molecule has 0 bridgehead atoms. The summed E-state index contributed by atoms with van der Waals surface area (Å²) >= 11 is 0. The fourth-order valence-corrected chi connectivity index (χ4v) is 3.35. The molecule has 134 valence electrons. The van der Waals surface area contributed by atoms with Crippen LogP contribution in [0.3, 0.4) is 0 Å². The van der Waals surface area contributed by atoms with Gasteiger partial charge in [0.1, 0.15) is 5.69 Å². The summed E-state index contributed by atoms with van der Waals surface area (Å²) in [6.07, 6.45) is 3.69. The predicted molar refractivity (Wildman–Crippen MR) is 94.9 cm³/mol. The first-order valence-corrected chi connectivity index (χ1v) is 9.05. The Balaban J connectivity index is 1.56. The van der Waals surface area contributed by atoms with Crippen molar-refractivity contribution in [1.82, 2.24) is 15.4 Å². The molecule has 6 heteroatoms. The van der Waals surface area contributed by atoms with E-state index in [4.69, 9.17) is 4.52 Å². The van der Waals surface area contributed by atoms with E-state index in [-0.39, 0.29) is 18.2 Å². The number of likely N-dealkylation sites (tertiary alicyclic amines) is 1. The zero-order valence-corrected chi connectivity index (χ0v) is 14.7. The number of hydrogen-bond acceptors (Lipinski definition) is 4. The standard InChI is InChI=1S/C19H25N3O3/c1-2-6-18(23)20-12-14-7-5-10-22(13-14)19(24)11-16-15-8-3-4-9-17(15)25-21-16/h3-4,8-9,14H,2,5-7,10-13H2,1H3,(H,20,23). The SMILES string of the molecule is CCCC(=O)NCC1CCCN(C(=O)Cc2noc3ccccc23)C1. The molecule has 0 aliphatic carbocycles. The van der Waals surface area contributed by atoms with Gasteiger partial charge in [-0.1, -0.05) is 24.2 Å². The molecule has 0 saturated carbocycles. The van der Waals surface area contributed by atoms with Gasteiger partial charge >= 0.3 is 0 Å². The largest absolute Gasteiger partial charge is 0.356 e. The minimum absolute atomic E-state index is 0.0728. The Labute approximate surface area is 147 Å². The normalized spacial score (nSPS) is 17.6. The molecule has 0 spiro atoms. The molecule has 2 amide bonds.